The maximum atomic E-state index is 12.6. The van der Waals surface area contributed by atoms with E-state index >= 15 is 0 Å². The van der Waals surface area contributed by atoms with E-state index in [1.54, 1.807) is 18.0 Å². The summed E-state index contributed by atoms with van der Waals surface area (Å²) in [7, 11) is 1.62. The highest BCUT2D eigenvalue weighted by molar-refractivity contribution is 6.02. The first-order valence-electron chi connectivity index (χ1n) is 8.34. The van der Waals surface area contributed by atoms with Crippen molar-refractivity contribution in [1.29, 1.82) is 0 Å². The summed E-state index contributed by atoms with van der Waals surface area (Å²) in [5.74, 6) is 4.78. The Labute approximate surface area is 147 Å². The molecule has 0 aromatic rings. The average molecular weight is 345 g/mol. The van der Waals surface area contributed by atoms with Crippen LogP contribution in [0, 0.1) is 11.8 Å². The molecule has 0 fully saturated rings. The van der Waals surface area contributed by atoms with Crippen LogP contribution in [-0.2, 0) is 14.4 Å². The summed E-state index contributed by atoms with van der Waals surface area (Å²) in [5.41, 5.74) is 7.04. The van der Waals surface area contributed by atoms with Gasteiger partial charge in [0.25, 0.3) is 0 Å². The van der Waals surface area contributed by atoms with Gasteiger partial charge in [-0.25, -0.2) is 0 Å². The number of nitrogens with zero attached hydrogens (tertiary/aromatic N) is 2. The highest BCUT2D eigenvalue weighted by atomic mass is 16.4. The minimum atomic E-state index is -0.962. The van der Waals surface area contributed by atoms with Crippen LogP contribution in [0.4, 0.5) is 0 Å². The number of aliphatic carboxylic acids is 1. The first kappa shape index (κ1) is 18.7. The summed E-state index contributed by atoms with van der Waals surface area (Å²) in [6, 6.07) is 0. The van der Waals surface area contributed by atoms with Crippen LogP contribution in [-0.4, -0.2) is 59.2 Å². The Morgan fingerprint density at radius 3 is 2.80 bits per heavy atom. The Bertz CT molecular complexity index is 697. The van der Waals surface area contributed by atoms with Gasteiger partial charge in [0.15, 0.2) is 5.78 Å². The minimum Gasteiger partial charge on any atom is -0.481 e. The third-order valence-electron chi connectivity index (χ3n) is 4.15. The van der Waals surface area contributed by atoms with Crippen molar-refractivity contribution in [3.63, 3.8) is 0 Å². The van der Waals surface area contributed by atoms with Gasteiger partial charge >= 0.3 is 5.97 Å². The highest BCUT2D eigenvalue weighted by Gasteiger charge is 2.34. The van der Waals surface area contributed by atoms with Gasteiger partial charge in [-0.2, -0.15) is 0 Å². The fraction of sp³-hybridized carbons (Fsp3) is 0.500. The summed E-state index contributed by atoms with van der Waals surface area (Å²) in [6.07, 6.45) is 4.36. The molecule has 1 aliphatic heterocycles. The van der Waals surface area contributed by atoms with E-state index in [9.17, 15) is 14.4 Å². The Morgan fingerprint density at radius 1 is 1.36 bits per heavy atom. The quantitative estimate of drug-likeness (QED) is 0.536. The molecule has 1 aliphatic carbocycles. The second-order valence-corrected chi connectivity index (χ2v) is 6.07. The lowest BCUT2D eigenvalue weighted by Gasteiger charge is -2.37. The fourth-order valence-electron chi connectivity index (χ4n) is 2.80. The Hall–Kier alpha value is -2.59. The van der Waals surface area contributed by atoms with Crippen LogP contribution in [0.2, 0.25) is 0 Å². The normalized spacial score (nSPS) is 17.1. The molecular formula is C18H23N3O4. The number of allylic oxidation sites excluding steroid dienone is 3. The molecule has 1 amide bonds. The molecule has 0 radical (unpaired) electrons. The number of hydrogen-bond donors (Lipinski definition) is 2. The van der Waals surface area contributed by atoms with Crippen molar-refractivity contribution in [2.45, 2.75) is 32.1 Å². The van der Waals surface area contributed by atoms with Crippen molar-refractivity contribution in [2.24, 2.45) is 5.73 Å². The number of carboxylic acid groups (broad SMARTS) is 1. The van der Waals surface area contributed by atoms with Crippen LogP contribution in [0.25, 0.3) is 0 Å². The number of unbranched alkanes of at least 4 members (excludes halogenated alkanes) is 2. The number of Topliss-reactive ketones (excluding diaryl/α,β-unsaturated/α-hetero) is 1. The first-order valence-corrected chi connectivity index (χ1v) is 8.34. The van der Waals surface area contributed by atoms with Crippen molar-refractivity contribution >= 4 is 17.7 Å². The third-order valence-corrected chi connectivity index (χ3v) is 4.15. The van der Waals surface area contributed by atoms with Gasteiger partial charge in [0, 0.05) is 32.0 Å². The molecule has 7 nitrogen and oxygen atoms in total. The number of carbonyl (C=O) groups excluding carboxylic acids is 2. The SMILES string of the molecule is CN1C(=O)CN(CCC(=O)O)C2=C1C=C(C#CCCCCN)CC2=O. The second-order valence-electron chi connectivity index (χ2n) is 6.07. The monoisotopic (exact) mass is 345 g/mol. The average Bonchev–Trinajstić information content (AvgIpc) is 2.56. The fourth-order valence-corrected chi connectivity index (χ4v) is 2.80. The van der Waals surface area contributed by atoms with Crippen molar-refractivity contribution in [1.82, 2.24) is 9.80 Å². The van der Waals surface area contributed by atoms with Gasteiger partial charge in [0.05, 0.1) is 18.7 Å². The van der Waals surface area contributed by atoms with Gasteiger partial charge in [-0.05, 0) is 25.5 Å². The molecule has 0 unspecified atom stereocenters. The summed E-state index contributed by atoms with van der Waals surface area (Å²) in [4.78, 5) is 38.6. The van der Waals surface area contributed by atoms with Crippen molar-refractivity contribution in [3.05, 3.63) is 23.0 Å². The number of carbonyl (C=O) groups is 3. The molecule has 0 bridgehead atoms. The Morgan fingerprint density at radius 2 is 2.12 bits per heavy atom. The van der Waals surface area contributed by atoms with E-state index < -0.39 is 5.97 Å². The van der Waals surface area contributed by atoms with Gasteiger partial charge in [-0.15, -0.1) is 0 Å². The molecule has 0 saturated heterocycles. The molecule has 134 valence electrons. The number of nitrogens with two attached hydrogens (primary N) is 1. The van der Waals surface area contributed by atoms with Gasteiger partial charge < -0.3 is 20.6 Å². The molecule has 0 saturated carbocycles. The summed E-state index contributed by atoms with van der Waals surface area (Å²) >= 11 is 0. The highest BCUT2D eigenvalue weighted by Crippen LogP contribution is 2.29. The molecule has 2 rings (SSSR count). The Balaban J connectivity index is 2.23. The van der Waals surface area contributed by atoms with Crippen molar-refractivity contribution in [3.8, 4) is 11.8 Å². The molecule has 25 heavy (non-hydrogen) atoms. The van der Waals surface area contributed by atoms with E-state index in [0.717, 1.165) is 12.8 Å². The largest absolute Gasteiger partial charge is 0.481 e. The molecule has 0 spiro atoms. The van der Waals surface area contributed by atoms with Crippen LogP contribution in [0.15, 0.2) is 23.0 Å². The first-order chi connectivity index (χ1) is 11.9. The topological polar surface area (TPSA) is 104 Å². The van der Waals surface area contributed by atoms with E-state index in [1.807, 2.05) is 0 Å². The van der Waals surface area contributed by atoms with Crippen LogP contribution in [0.5, 0.6) is 0 Å². The third kappa shape index (κ3) is 4.70. The maximum Gasteiger partial charge on any atom is 0.305 e. The van der Waals surface area contributed by atoms with Crippen LogP contribution in [0.3, 0.4) is 0 Å². The van der Waals surface area contributed by atoms with Gasteiger partial charge in [-0.1, -0.05) is 11.8 Å². The maximum absolute atomic E-state index is 12.6. The van der Waals surface area contributed by atoms with Crippen LogP contribution < -0.4 is 5.73 Å². The molecule has 0 aromatic heterocycles. The zero-order valence-corrected chi connectivity index (χ0v) is 14.4. The lowest BCUT2D eigenvalue weighted by Crippen LogP contribution is -2.47. The van der Waals surface area contributed by atoms with E-state index in [-0.39, 0.29) is 37.6 Å². The van der Waals surface area contributed by atoms with E-state index in [1.165, 1.54) is 4.90 Å². The molecule has 1 heterocycles. The number of likely N-dealkylation sites (N-methyl/N-ethyl adjacent to an activating group) is 1. The summed E-state index contributed by atoms with van der Waals surface area (Å²) < 4.78 is 0. The number of ketones is 1. The molecule has 3 N–H and O–H groups in total. The number of carboxylic acids is 1. The van der Waals surface area contributed by atoms with Gasteiger partial charge in [-0.3, -0.25) is 14.4 Å². The number of rotatable bonds is 6. The number of amides is 1. The number of hydrogen-bond acceptors (Lipinski definition) is 5. The molecule has 0 atom stereocenters. The van der Waals surface area contributed by atoms with Gasteiger partial charge in [0.2, 0.25) is 5.91 Å². The standard InChI is InChI=1S/C18H23N3O4/c1-20-14-10-13(6-4-2-3-5-8-19)11-15(22)18(14)21(12-16(20)23)9-7-17(24)25/h10H,2-3,5,7-9,11-12,19H2,1H3,(H,24,25). The summed E-state index contributed by atoms with van der Waals surface area (Å²) in [6.45, 7) is 0.786. The van der Waals surface area contributed by atoms with E-state index in [4.69, 9.17) is 10.8 Å². The van der Waals surface area contributed by atoms with Crippen molar-refractivity contribution < 1.29 is 19.5 Å². The minimum absolute atomic E-state index is 0.0162. The van der Waals surface area contributed by atoms with Gasteiger partial charge in [0.1, 0.15) is 5.70 Å². The molecule has 2 aliphatic rings. The smallest absolute Gasteiger partial charge is 0.305 e. The zero-order chi connectivity index (χ0) is 18.4. The summed E-state index contributed by atoms with van der Waals surface area (Å²) in [5, 5.41) is 8.86. The van der Waals surface area contributed by atoms with E-state index in [0.29, 0.717) is 29.9 Å². The molecule has 0 aromatic carbocycles. The van der Waals surface area contributed by atoms with Crippen LogP contribution in [0.1, 0.15) is 32.1 Å². The van der Waals surface area contributed by atoms with Crippen molar-refractivity contribution in [2.75, 3.05) is 26.7 Å². The second kappa shape index (κ2) is 8.49. The lowest BCUT2D eigenvalue weighted by atomic mass is 9.95. The predicted octanol–water partition coefficient (Wildman–Crippen LogP) is 0.478. The zero-order valence-electron chi connectivity index (χ0n) is 14.4. The molecule has 7 heteroatoms. The van der Waals surface area contributed by atoms with Crippen LogP contribution >= 0.6 is 0 Å². The Kier molecular flexibility index (Phi) is 6.37. The molecular weight excluding hydrogens is 322 g/mol. The predicted molar refractivity (Wildman–Crippen MR) is 92.0 cm³/mol. The lowest BCUT2D eigenvalue weighted by molar-refractivity contribution is -0.138. The van der Waals surface area contributed by atoms with E-state index in [2.05, 4.69) is 11.8 Å².